The Morgan fingerprint density at radius 3 is 2.78 bits per heavy atom. The third-order valence-electron chi connectivity index (χ3n) is 2.59. The van der Waals surface area contributed by atoms with Crippen molar-refractivity contribution in [1.29, 1.82) is 0 Å². The summed E-state index contributed by atoms with van der Waals surface area (Å²) in [5, 5.41) is 0.637. The summed E-state index contributed by atoms with van der Waals surface area (Å²) in [7, 11) is 0. The molecule has 1 aromatic heterocycles. The summed E-state index contributed by atoms with van der Waals surface area (Å²) in [5.74, 6) is 0.534. The van der Waals surface area contributed by atoms with Gasteiger partial charge in [-0.3, -0.25) is 0 Å². The number of fused-ring (bicyclic) bond motifs is 1. The van der Waals surface area contributed by atoms with E-state index < -0.39 is 0 Å². The largest absolute Gasteiger partial charge is 0.436 e. The SMILES string of the molecule is Nc1cc(-c2nc3cc(Cl)ccc3o2)ccc1Br. The Morgan fingerprint density at radius 1 is 1.17 bits per heavy atom. The lowest BCUT2D eigenvalue weighted by molar-refractivity contribution is 0.620. The van der Waals surface area contributed by atoms with E-state index in [1.54, 1.807) is 18.2 Å². The monoisotopic (exact) mass is 322 g/mol. The van der Waals surface area contributed by atoms with E-state index in [1.165, 1.54) is 0 Å². The third kappa shape index (κ3) is 1.98. The summed E-state index contributed by atoms with van der Waals surface area (Å²) in [6, 6.07) is 10.9. The number of benzene rings is 2. The Morgan fingerprint density at radius 2 is 2.00 bits per heavy atom. The van der Waals surface area contributed by atoms with Gasteiger partial charge >= 0.3 is 0 Å². The fourth-order valence-corrected chi connectivity index (χ4v) is 2.11. The Balaban J connectivity index is 2.16. The number of hydrogen-bond acceptors (Lipinski definition) is 3. The molecule has 3 rings (SSSR count). The second kappa shape index (κ2) is 4.30. The fraction of sp³-hybridized carbons (Fsp3) is 0. The summed E-state index contributed by atoms with van der Waals surface area (Å²) in [5.41, 5.74) is 8.76. The van der Waals surface area contributed by atoms with Crippen molar-refractivity contribution in [2.24, 2.45) is 0 Å². The zero-order valence-corrected chi connectivity index (χ0v) is 11.5. The standard InChI is InChI=1S/C13H8BrClN2O/c14-9-3-1-7(5-10(9)16)13-17-11-6-8(15)2-4-12(11)18-13/h1-6H,16H2. The lowest BCUT2D eigenvalue weighted by atomic mass is 10.2. The summed E-state index contributed by atoms with van der Waals surface area (Å²) in [4.78, 5) is 4.39. The van der Waals surface area contributed by atoms with E-state index in [-0.39, 0.29) is 0 Å². The first kappa shape index (κ1) is 11.6. The van der Waals surface area contributed by atoms with E-state index in [9.17, 15) is 0 Å². The zero-order valence-electron chi connectivity index (χ0n) is 9.15. The van der Waals surface area contributed by atoms with E-state index in [4.69, 9.17) is 21.8 Å². The molecule has 0 atom stereocenters. The van der Waals surface area contributed by atoms with Crippen LogP contribution in [0, 0.1) is 0 Å². The van der Waals surface area contributed by atoms with Crippen LogP contribution in [0.4, 0.5) is 5.69 Å². The first-order valence-electron chi connectivity index (χ1n) is 5.25. The Kier molecular flexibility index (Phi) is 2.76. The lowest BCUT2D eigenvalue weighted by Crippen LogP contribution is -1.87. The molecule has 5 heteroatoms. The number of halogens is 2. The van der Waals surface area contributed by atoms with Crippen LogP contribution < -0.4 is 5.73 Å². The fourth-order valence-electron chi connectivity index (χ4n) is 1.70. The van der Waals surface area contributed by atoms with Gasteiger partial charge in [-0.2, -0.15) is 0 Å². The second-order valence-corrected chi connectivity index (χ2v) is 5.16. The molecule has 18 heavy (non-hydrogen) atoms. The van der Waals surface area contributed by atoms with Gasteiger partial charge in [-0.25, -0.2) is 4.98 Å². The summed E-state index contributed by atoms with van der Waals surface area (Å²) < 4.78 is 6.52. The number of nitrogens with two attached hydrogens (primary N) is 1. The van der Waals surface area contributed by atoms with Gasteiger partial charge in [-0.1, -0.05) is 11.6 Å². The maximum atomic E-state index is 5.91. The van der Waals surface area contributed by atoms with Crippen molar-refractivity contribution in [3.63, 3.8) is 0 Å². The molecule has 90 valence electrons. The van der Waals surface area contributed by atoms with Crippen LogP contribution in [0.1, 0.15) is 0 Å². The molecular formula is C13H8BrClN2O. The summed E-state index contributed by atoms with van der Waals surface area (Å²) >= 11 is 9.26. The van der Waals surface area contributed by atoms with Crippen molar-refractivity contribution < 1.29 is 4.42 Å². The summed E-state index contributed by atoms with van der Waals surface area (Å²) in [6.45, 7) is 0. The van der Waals surface area contributed by atoms with Crippen molar-refractivity contribution in [2.75, 3.05) is 5.73 Å². The van der Waals surface area contributed by atoms with Crippen LogP contribution in [0.15, 0.2) is 45.3 Å². The van der Waals surface area contributed by atoms with Gasteiger partial charge in [-0.05, 0) is 52.3 Å². The van der Waals surface area contributed by atoms with Crippen LogP contribution in [-0.4, -0.2) is 4.98 Å². The molecule has 0 unspecified atom stereocenters. The normalized spacial score (nSPS) is 11.0. The molecular weight excluding hydrogens is 316 g/mol. The number of oxazole rings is 1. The number of rotatable bonds is 1. The van der Waals surface area contributed by atoms with Crippen LogP contribution in [0.3, 0.4) is 0 Å². The molecule has 2 aromatic carbocycles. The predicted molar refractivity (Wildman–Crippen MR) is 76.6 cm³/mol. The molecule has 0 saturated heterocycles. The smallest absolute Gasteiger partial charge is 0.227 e. The molecule has 0 fully saturated rings. The second-order valence-electron chi connectivity index (χ2n) is 3.87. The highest BCUT2D eigenvalue weighted by Crippen LogP contribution is 2.29. The molecule has 1 heterocycles. The Labute approximate surface area is 117 Å². The Bertz CT molecular complexity index is 739. The molecule has 0 saturated carbocycles. The summed E-state index contributed by atoms with van der Waals surface area (Å²) in [6.07, 6.45) is 0. The topological polar surface area (TPSA) is 52.0 Å². The van der Waals surface area contributed by atoms with Crippen LogP contribution in [-0.2, 0) is 0 Å². The van der Waals surface area contributed by atoms with Gasteiger partial charge in [0.1, 0.15) is 5.52 Å². The molecule has 3 nitrogen and oxygen atoms in total. The van der Waals surface area contributed by atoms with Gasteiger partial charge in [-0.15, -0.1) is 0 Å². The number of nitrogen functional groups attached to an aromatic ring is 1. The minimum Gasteiger partial charge on any atom is -0.436 e. The van der Waals surface area contributed by atoms with E-state index >= 15 is 0 Å². The molecule has 0 spiro atoms. The minimum absolute atomic E-state index is 0.534. The molecule has 0 amide bonds. The molecule has 2 N–H and O–H groups in total. The first-order chi connectivity index (χ1) is 8.63. The van der Waals surface area contributed by atoms with Gasteiger partial charge < -0.3 is 10.2 Å². The van der Waals surface area contributed by atoms with Crippen molar-refractivity contribution in [3.8, 4) is 11.5 Å². The Hall–Kier alpha value is -1.52. The first-order valence-corrected chi connectivity index (χ1v) is 6.42. The molecule has 0 aliphatic carbocycles. The van der Waals surface area contributed by atoms with Crippen LogP contribution in [0.5, 0.6) is 0 Å². The average molecular weight is 324 g/mol. The predicted octanol–water partition coefficient (Wildman–Crippen LogP) is 4.49. The van der Waals surface area contributed by atoms with E-state index in [2.05, 4.69) is 20.9 Å². The van der Waals surface area contributed by atoms with Gasteiger partial charge in [0.2, 0.25) is 5.89 Å². The number of anilines is 1. The van der Waals surface area contributed by atoms with Gasteiger partial charge in [0.05, 0.1) is 0 Å². The maximum Gasteiger partial charge on any atom is 0.227 e. The molecule has 3 aromatic rings. The molecule has 0 radical (unpaired) electrons. The van der Waals surface area contributed by atoms with Crippen LogP contribution >= 0.6 is 27.5 Å². The highest BCUT2D eigenvalue weighted by atomic mass is 79.9. The van der Waals surface area contributed by atoms with Gasteiger partial charge in [0.25, 0.3) is 0 Å². The number of hydrogen-bond donors (Lipinski definition) is 1. The number of nitrogens with zero attached hydrogens (tertiary/aromatic N) is 1. The van der Waals surface area contributed by atoms with Crippen LogP contribution in [0.25, 0.3) is 22.6 Å². The van der Waals surface area contributed by atoms with Gasteiger partial charge in [0, 0.05) is 20.7 Å². The maximum absolute atomic E-state index is 5.91. The molecule has 0 aliphatic heterocycles. The highest BCUT2D eigenvalue weighted by Gasteiger charge is 2.09. The van der Waals surface area contributed by atoms with Crippen molar-refractivity contribution in [1.82, 2.24) is 4.98 Å². The van der Waals surface area contributed by atoms with E-state index in [0.717, 1.165) is 15.6 Å². The van der Waals surface area contributed by atoms with Crippen LogP contribution in [0.2, 0.25) is 5.02 Å². The highest BCUT2D eigenvalue weighted by molar-refractivity contribution is 9.10. The quantitative estimate of drug-likeness (QED) is 0.671. The van der Waals surface area contributed by atoms with E-state index in [0.29, 0.717) is 22.2 Å². The minimum atomic E-state index is 0.534. The third-order valence-corrected chi connectivity index (χ3v) is 3.55. The van der Waals surface area contributed by atoms with Crippen molar-refractivity contribution >= 4 is 44.3 Å². The average Bonchev–Trinajstić information content (AvgIpc) is 2.75. The number of aromatic nitrogens is 1. The molecule has 0 bridgehead atoms. The molecule has 0 aliphatic rings. The van der Waals surface area contributed by atoms with E-state index in [1.807, 2.05) is 18.2 Å². The lowest BCUT2D eigenvalue weighted by Gasteiger charge is -1.99. The van der Waals surface area contributed by atoms with Gasteiger partial charge in [0.15, 0.2) is 5.58 Å². The zero-order chi connectivity index (χ0) is 12.7. The van der Waals surface area contributed by atoms with Crippen molar-refractivity contribution in [3.05, 3.63) is 45.9 Å². The van der Waals surface area contributed by atoms with Crippen molar-refractivity contribution in [2.45, 2.75) is 0 Å².